The zero-order chi connectivity index (χ0) is 13.4. The topological polar surface area (TPSA) is 92.3 Å². The molecule has 5 heteroatoms. The maximum Gasteiger partial charge on any atom is 0.165 e. The molecule has 0 unspecified atom stereocenters. The number of hydrogen-bond donors (Lipinski definition) is 3. The van der Waals surface area contributed by atoms with Crippen LogP contribution in [0.5, 0.6) is 11.5 Å². The zero-order valence-electron chi connectivity index (χ0n) is 9.91. The van der Waals surface area contributed by atoms with Crippen LogP contribution in [0.15, 0.2) is 42.5 Å². The van der Waals surface area contributed by atoms with Crippen molar-refractivity contribution in [2.45, 2.75) is 0 Å². The first kappa shape index (κ1) is 11.3. The summed E-state index contributed by atoms with van der Waals surface area (Å²) in [6, 6.07) is 11.6. The third-order valence-corrected chi connectivity index (χ3v) is 2.85. The van der Waals surface area contributed by atoms with E-state index >= 15 is 0 Å². The van der Waals surface area contributed by atoms with Gasteiger partial charge in [-0.2, -0.15) is 0 Å². The number of para-hydroxylation sites is 1. The van der Waals surface area contributed by atoms with Crippen LogP contribution in [0.3, 0.4) is 0 Å². The predicted molar refractivity (Wildman–Crippen MR) is 72.7 cm³/mol. The summed E-state index contributed by atoms with van der Waals surface area (Å²) in [6.45, 7) is 0. The Morgan fingerprint density at radius 2 is 1.74 bits per heavy atom. The molecule has 0 saturated carbocycles. The SMILES string of the molecule is Nc1nc(-c2ccc(O)cc2O)nc2ccccc12. The summed E-state index contributed by atoms with van der Waals surface area (Å²) < 4.78 is 0. The lowest BCUT2D eigenvalue weighted by Gasteiger charge is -2.07. The van der Waals surface area contributed by atoms with Crippen molar-refractivity contribution in [3.8, 4) is 22.9 Å². The lowest BCUT2D eigenvalue weighted by atomic mass is 10.1. The predicted octanol–water partition coefficient (Wildman–Crippen LogP) is 2.29. The minimum absolute atomic E-state index is 0.0185. The van der Waals surface area contributed by atoms with E-state index in [1.165, 1.54) is 12.1 Å². The lowest BCUT2D eigenvalue weighted by Crippen LogP contribution is -1.97. The number of phenols is 2. The second-order valence-electron chi connectivity index (χ2n) is 4.15. The monoisotopic (exact) mass is 253 g/mol. The number of rotatable bonds is 1. The Bertz CT molecular complexity index is 772. The molecule has 0 bridgehead atoms. The summed E-state index contributed by atoms with van der Waals surface area (Å²) in [5.74, 6) is 0.575. The van der Waals surface area contributed by atoms with Crippen LogP contribution in [-0.2, 0) is 0 Å². The van der Waals surface area contributed by atoms with Crippen LogP contribution < -0.4 is 5.73 Å². The van der Waals surface area contributed by atoms with E-state index in [4.69, 9.17) is 5.73 Å². The number of hydrogen-bond acceptors (Lipinski definition) is 5. The van der Waals surface area contributed by atoms with Gasteiger partial charge in [0.1, 0.15) is 17.3 Å². The first-order valence-corrected chi connectivity index (χ1v) is 5.70. The van der Waals surface area contributed by atoms with Gasteiger partial charge >= 0.3 is 0 Å². The van der Waals surface area contributed by atoms with E-state index < -0.39 is 0 Å². The standard InChI is InChI=1S/C14H11N3O2/c15-13-9-3-1-2-4-11(9)16-14(17-13)10-6-5-8(18)7-12(10)19/h1-7,18-19H,(H2,15,16,17). The second kappa shape index (κ2) is 4.13. The molecule has 0 aliphatic heterocycles. The van der Waals surface area contributed by atoms with Crippen LogP contribution in [0.2, 0.25) is 0 Å². The number of aromatic nitrogens is 2. The van der Waals surface area contributed by atoms with Crippen molar-refractivity contribution in [2.24, 2.45) is 0 Å². The largest absolute Gasteiger partial charge is 0.508 e. The van der Waals surface area contributed by atoms with Gasteiger partial charge in [-0.3, -0.25) is 0 Å². The first-order chi connectivity index (χ1) is 9.15. The summed E-state index contributed by atoms with van der Waals surface area (Å²) in [5.41, 5.74) is 7.02. The number of nitrogen functional groups attached to an aromatic ring is 1. The van der Waals surface area contributed by atoms with Crippen LogP contribution in [-0.4, -0.2) is 20.2 Å². The molecule has 0 amide bonds. The molecule has 3 rings (SSSR count). The van der Waals surface area contributed by atoms with Crippen molar-refractivity contribution in [3.63, 3.8) is 0 Å². The average Bonchev–Trinajstić information content (AvgIpc) is 2.38. The first-order valence-electron chi connectivity index (χ1n) is 5.70. The van der Waals surface area contributed by atoms with E-state index in [2.05, 4.69) is 9.97 Å². The summed E-state index contributed by atoms with van der Waals surface area (Å²) in [6.07, 6.45) is 0. The highest BCUT2D eigenvalue weighted by atomic mass is 16.3. The van der Waals surface area contributed by atoms with Gasteiger partial charge < -0.3 is 15.9 Å². The molecule has 2 aromatic carbocycles. The summed E-state index contributed by atoms with van der Waals surface area (Å²) >= 11 is 0. The molecule has 19 heavy (non-hydrogen) atoms. The highest BCUT2D eigenvalue weighted by Crippen LogP contribution is 2.31. The van der Waals surface area contributed by atoms with Gasteiger partial charge in [-0.1, -0.05) is 12.1 Å². The van der Waals surface area contributed by atoms with Gasteiger partial charge in [-0.05, 0) is 24.3 Å². The Kier molecular flexibility index (Phi) is 2.45. The molecule has 0 aliphatic rings. The number of aromatic hydroxyl groups is 2. The van der Waals surface area contributed by atoms with Gasteiger partial charge in [0.05, 0.1) is 11.1 Å². The molecular weight excluding hydrogens is 242 g/mol. The number of phenolic OH excluding ortho intramolecular Hbond substituents is 2. The molecule has 94 valence electrons. The van der Waals surface area contributed by atoms with Crippen molar-refractivity contribution in [1.29, 1.82) is 0 Å². The van der Waals surface area contributed by atoms with Gasteiger partial charge in [0.25, 0.3) is 0 Å². The Balaban J connectivity index is 2.25. The summed E-state index contributed by atoms with van der Waals surface area (Å²) in [5, 5.41) is 19.9. The van der Waals surface area contributed by atoms with Crippen LogP contribution >= 0.6 is 0 Å². The number of nitrogens with two attached hydrogens (primary N) is 1. The summed E-state index contributed by atoms with van der Waals surface area (Å²) in [4.78, 5) is 8.55. The maximum atomic E-state index is 9.83. The molecule has 0 aliphatic carbocycles. The smallest absolute Gasteiger partial charge is 0.165 e. The molecule has 0 fully saturated rings. The Morgan fingerprint density at radius 1 is 0.947 bits per heavy atom. The minimum atomic E-state index is -0.0883. The second-order valence-corrected chi connectivity index (χ2v) is 4.15. The van der Waals surface area contributed by atoms with Gasteiger partial charge in [0, 0.05) is 11.5 Å². The van der Waals surface area contributed by atoms with Gasteiger partial charge in [-0.25, -0.2) is 9.97 Å². The number of benzene rings is 2. The van der Waals surface area contributed by atoms with E-state index in [0.29, 0.717) is 22.7 Å². The number of anilines is 1. The fraction of sp³-hybridized carbons (Fsp3) is 0. The normalized spacial score (nSPS) is 10.7. The fourth-order valence-electron chi connectivity index (χ4n) is 1.93. The molecule has 0 saturated heterocycles. The number of nitrogens with zero attached hydrogens (tertiary/aromatic N) is 2. The van der Waals surface area contributed by atoms with E-state index in [0.717, 1.165) is 5.39 Å². The fourth-order valence-corrected chi connectivity index (χ4v) is 1.93. The van der Waals surface area contributed by atoms with Gasteiger partial charge in [0.15, 0.2) is 5.82 Å². The van der Waals surface area contributed by atoms with E-state index in [1.54, 1.807) is 6.07 Å². The van der Waals surface area contributed by atoms with Crippen LogP contribution in [0.25, 0.3) is 22.3 Å². The molecule has 3 aromatic rings. The molecule has 0 spiro atoms. The molecule has 4 N–H and O–H groups in total. The van der Waals surface area contributed by atoms with E-state index in [1.807, 2.05) is 24.3 Å². The minimum Gasteiger partial charge on any atom is -0.508 e. The lowest BCUT2D eigenvalue weighted by molar-refractivity contribution is 0.451. The average molecular weight is 253 g/mol. The van der Waals surface area contributed by atoms with Crippen molar-refractivity contribution in [1.82, 2.24) is 9.97 Å². The Labute approximate surface area is 109 Å². The van der Waals surface area contributed by atoms with Crippen LogP contribution in [0.1, 0.15) is 0 Å². The third-order valence-electron chi connectivity index (χ3n) is 2.85. The molecule has 0 atom stereocenters. The van der Waals surface area contributed by atoms with Gasteiger partial charge in [-0.15, -0.1) is 0 Å². The van der Waals surface area contributed by atoms with Crippen molar-refractivity contribution < 1.29 is 10.2 Å². The Hall–Kier alpha value is -2.82. The summed E-state index contributed by atoms with van der Waals surface area (Å²) in [7, 11) is 0. The quantitative estimate of drug-likeness (QED) is 0.618. The molecule has 1 heterocycles. The van der Waals surface area contributed by atoms with Crippen molar-refractivity contribution >= 4 is 16.7 Å². The van der Waals surface area contributed by atoms with E-state index in [-0.39, 0.29) is 11.5 Å². The van der Waals surface area contributed by atoms with Crippen molar-refractivity contribution in [3.05, 3.63) is 42.5 Å². The number of fused-ring (bicyclic) bond motifs is 1. The van der Waals surface area contributed by atoms with Crippen LogP contribution in [0, 0.1) is 0 Å². The molecule has 1 aromatic heterocycles. The maximum absolute atomic E-state index is 9.83. The van der Waals surface area contributed by atoms with Crippen LogP contribution in [0.4, 0.5) is 5.82 Å². The molecule has 5 nitrogen and oxygen atoms in total. The molecular formula is C14H11N3O2. The molecule has 0 radical (unpaired) electrons. The zero-order valence-corrected chi connectivity index (χ0v) is 9.91. The highest BCUT2D eigenvalue weighted by Gasteiger charge is 2.11. The van der Waals surface area contributed by atoms with Gasteiger partial charge in [0.2, 0.25) is 0 Å². The van der Waals surface area contributed by atoms with E-state index in [9.17, 15) is 10.2 Å². The third kappa shape index (κ3) is 1.91. The van der Waals surface area contributed by atoms with Crippen molar-refractivity contribution in [2.75, 3.05) is 5.73 Å². The Morgan fingerprint density at radius 3 is 2.53 bits per heavy atom. The highest BCUT2D eigenvalue weighted by molar-refractivity contribution is 5.89.